The Balaban J connectivity index is 2.38. The molecule has 6 heteroatoms. The third kappa shape index (κ3) is 2.45. The van der Waals surface area contributed by atoms with Gasteiger partial charge in [-0.2, -0.15) is 4.98 Å². The van der Waals surface area contributed by atoms with Crippen molar-refractivity contribution < 1.29 is 4.39 Å². The molecule has 1 heterocycles. The Morgan fingerprint density at radius 3 is 2.71 bits per heavy atom. The number of hydrogen-bond acceptors (Lipinski definition) is 4. The zero-order valence-corrected chi connectivity index (χ0v) is 9.58. The largest absolute Gasteiger partial charge is 0.383 e. The van der Waals surface area contributed by atoms with Crippen LogP contribution < -0.4 is 11.5 Å². The summed E-state index contributed by atoms with van der Waals surface area (Å²) in [7, 11) is 0. The lowest BCUT2D eigenvalue weighted by Crippen LogP contribution is -2.05. The fraction of sp³-hybridized carbons (Fsp3) is 0.0909. The van der Waals surface area contributed by atoms with E-state index in [2.05, 4.69) is 9.97 Å². The third-order valence-electron chi connectivity index (χ3n) is 2.35. The van der Waals surface area contributed by atoms with Crippen molar-refractivity contribution in [1.82, 2.24) is 9.97 Å². The van der Waals surface area contributed by atoms with Gasteiger partial charge in [0.2, 0.25) is 5.95 Å². The topological polar surface area (TPSA) is 77.8 Å². The molecule has 0 unspecified atom stereocenters. The van der Waals surface area contributed by atoms with E-state index in [1.807, 2.05) is 0 Å². The molecule has 1 aromatic heterocycles. The van der Waals surface area contributed by atoms with Crippen LogP contribution in [0.25, 0.3) is 0 Å². The van der Waals surface area contributed by atoms with Crippen LogP contribution in [0.5, 0.6) is 0 Å². The molecule has 0 radical (unpaired) electrons. The lowest BCUT2D eigenvalue weighted by molar-refractivity contribution is 0.614. The minimum absolute atomic E-state index is 0.0888. The van der Waals surface area contributed by atoms with Crippen LogP contribution in [-0.2, 0) is 6.42 Å². The van der Waals surface area contributed by atoms with Crippen LogP contribution in [0.4, 0.5) is 16.2 Å². The molecule has 0 saturated heterocycles. The van der Waals surface area contributed by atoms with Gasteiger partial charge in [0.15, 0.2) is 0 Å². The number of anilines is 2. The predicted molar refractivity (Wildman–Crippen MR) is 65.1 cm³/mol. The standard InChI is InChI=1S/C11H10ClFN4/c12-8-2-1-3-9(13)7(8)4-6-5-16-11(15)17-10(6)14/h1-3,5H,4H2,(H4,14,15,16,17). The highest BCUT2D eigenvalue weighted by Gasteiger charge is 2.10. The first-order valence-corrected chi connectivity index (χ1v) is 5.25. The molecule has 0 aliphatic heterocycles. The van der Waals surface area contributed by atoms with Crippen molar-refractivity contribution in [2.75, 3.05) is 11.5 Å². The van der Waals surface area contributed by atoms with Gasteiger partial charge >= 0.3 is 0 Å². The maximum atomic E-state index is 13.6. The average molecular weight is 253 g/mol. The zero-order chi connectivity index (χ0) is 12.4. The van der Waals surface area contributed by atoms with E-state index in [1.165, 1.54) is 12.3 Å². The second-order valence-electron chi connectivity index (χ2n) is 3.52. The minimum atomic E-state index is -0.381. The van der Waals surface area contributed by atoms with Crippen LogP contribution in [0.2, 0.25) is 5.02 Å². The molecule has 2 rings (SSSR count). The van der Waals surface area contributed by atoms with Crippen molar-refractivity contribution >= 4 is 23.4 Å². The number of nitrogen functional groups attached to an aromatic ring is 2. The molecule has 0 spiro atoms. The average Bonchev–Trinajstić information content (AvgIpc) is 2.26. The summed E-state index contributed by atoms with van der Waals surface area (Å²) in [6.45, 7) is 0. The lowest BCUT2D eigenvalue weighted by atomic mass is 10.1. The Hall–Kier alpha value is -1.88. The fourth-order valence-electron chi connectivity index (χ4n) is 1.46. The molecule has 4 nitrogen and oxygen atoms in total. The number of benzene rings is 1. The Morgan fingerprint density at radius 2 is 2.06 bits per heavy atom. The Kier molecular flexibility index (Phi) is 3.10. The molecule has 0 fully saturated rings. The molecule has 0 aliphatic rings. The van der Waals surface area contributed by atoms with E-state index in [9.17, 15) is 4.39 Å². The van der Waals surface area contributed by atoms with Gasteiger partial charge in [0.05, 0.1) is 0 Å². The molecule has 4 N–H and O–H groups in total. The van der Waals surface area contributed by atoms with Crippen molar-refractivity contribution in [1.29, 1.82) is 0 Å². The van der Waals surface area contributed by atoms with E-state index in [0.29, 0.717) is 16.1 Å². The van der Waals surface area contributed by atoms with Crippen LogP contribution >= 0.6 is 11.6 Å². The van der Waals surface area contributed by atoms with Gasteiger partial charge in [0.1, 0.15) is 11.6 Å². The van der Waals surface area contributed by atoms with Crippen molar-refractivity contribution in [3.05, 3.63) is 46.4 Å². The van der Waals surface area contributed by atoms with E-state index in [1.54, 1.807) is 12.1 Å². The maximum absolute atomic E-state index is 13.6. The highest BCUT2D eigenvalue weighted by molar-refractivity contribution is 6.31. The van der Waals surface area contributed by atoms with E-state index in [0.717, 1.165) is 0 Å². The van der Waals surface area contributed by atoms with Gasteiger partial charge in [-0.15, -0.1) is 0 Å². The summed E-state index contributed by atoms with van der Waals surface area (Å²) < 4.78 is 13.6. The minimum Gasteiger partial charge on any atom is -0.383 e. The predicted octanol–water partition coefficient (Wildman–Crippen LogP) is 2.02. The van der Waals surface area contributed by atoms with Crippen LogP contribution in [0.15, 0.2) is 24.4 Å². The molecule has 1 aromatic carbocycles. The highest BCUT2D eigenvalue weighted by atomic mass is 35.5. The first kappa shape index (κ1) is 11.6. The van der Waals surface area contributed by atoms with Gasteiger partial charge in [-0.3, -0.25) is 0 Å². The number of aromatic nitrogens is 2. The molecule has 2 aromatic rings. The van der Waals surface area contributed by atoms with Gasteiger partial charge in [-0.1, -0.05) is 17.7 Å². The van der Waals surface area contributed by atoms with Crippen molar-refractivity contribution in [3.63, 3.8) is 0 Å². The Bertz CT molecular complexity index is 539. The van der Waals surface area contributed by atoms with Gasteiger partial charge < -0.3 is 11.5 Å². The fourth-order valence-corrected chi connectivity index (χ4v) is 1.69. The third-order valence-corrected chi connectivity index (χ3v) is 2.70. The van der Waals surface area contributed by atoms with Crippen molar-refractivity contribution in [2.45, 2.75) is 6.42 Å². The number of nitrogens with zero attached hydrogens (tertiary/aromatic N) is 2. The molecule has 0 amide bonds. The smallest absolute Gasteiger partial charge is 0.221 e. The second kappa shape index (κ2) is 4.55. The second-order valence-corrected chi connectivity index (χ2v) is 3.92. The number of hydrogen-bond donors (Lipinski definition) is 2. The number of nitrogens with two attached hydrogens (primary N) is 2. The van der Waals surface area contributed by atoms with Gasteiger partial charge in [-0.25, -0.2) is 9.37 Å². The quantitative estimate of drug-likeness (QED) is 0.857. The van der Waals surface area contributed by atoms with Crippen molar-refractivity contribution in [3.8, 4) is 0 Å². The van der Waals surface area contributed by atoms with E-state index in [-0.39, 0.29) is 24.0 Å². The first-order chi connectivity index (χ1) is 8.08. The summed E-state index contributed by atoms with van der Waals surface area (Å²) in [6, 6.07) is 4.51. The molecule has 0 saturated carbocycles. The molecule has 0 aliphatic carbocycles. The number of rotatable bonds is 2. The number of halogens is 2. The lowest BCUT2D eigenvalue weighted by Gasteiger charge is -2.07. The first-order valence-electron chi connectivity index (χ1n) is 4.87. The van der Waals surface area contributed by atoms with Gasteiger partial charge in [0.25, 0.3) is 0 Å². The molecule has 0 atom stereocenters. The Labute approximate surface area is 102 Å². The molecule has 17 heavy (non-hydrogen) atoms. The van der Waals surface area contributed by atoms with E-state index < -0.39 is 0 Å². The van der Waals surface area contributed by atoms with Crippen molar-refractivity contribution in [2.24, 2.45) is 0 Å². The molecular weight excluding hydrogens is 243 g/mol. The van der Waals surface area contributed by atoms with Gasteiger partial charge in [0, 0.05) is 28.8 Å². The summed E-state index contributed by atoms with van der Waals surface area (Å²) in [5.74, 6) is -0.0589. The summed E-state index contributed by atoms with van der Waals surface area (Å²) in [5, 5.41) is 0.348. The SMILES string of the molecule is Nc1ncc(Cc2c(F)cccc2Cl)c(N)n1. The monoisotopic (exact) mass is 252 g/mol. The summed E-state index contributed by atoms with van der Waals surface area (Å²) in [5.41, 5.74) is 12.0. The summed E-state index contributed by atoms with van der Waals surface area (Å²) in [4.78, 5) is 7.62. The van der Waals surface area contributed by atoms with Crippen LogP contribution in [0.1, 0.15) is 11.1 Å². The summed E-state index contributed by atoms with van der Waals surface area (Å²) >= 11 is 5.92. The summed E-state index contributed by atoms with van der Waals surface area (Å²) in [6.07, 6.45) is 1.71. The maximum Gasteiger partial charge on any atom is 0.221 e. The Morgan fingerprint density at radius 1 is 1.29 bits per heavy atom. The van der Waals surface area contributed by atoms with E-state index >= 15 is 0 Å². The van der Waals surface area contributed by atoms with Crippen LogP contribution in [0.3, 0.4) is 0 Å². The zero-order valence-electron chi connectivity index (χ0n) is 8.82. The molecular formula is C11H10ClFN4. The van der Waals surface area contributed by atoms with Crippen LogP contribution in [-0.4, -0.2) is 9.97 Å². The highest BCUT2D eigenvalue weighted by Crippen LogP contribution is 2.23. The van der Waals surface area contributed by atoms with Gasteiger partial charge in [-0.05, 0) is 12.1 Å². The normalized spacial score (nSPS) is 10.5. The molecule has 0 bridgehead atoms. The van der Waals surface area contributed by atoms with Crippen LogP contribution in [0, 0.1) is 5.82 Å². The molecule has 88 valence electrons. The van der Waals surface area contributed by atoms with E-state index in [4.69, 9.17) is 23.1 Å².